The van der Waals surface area contributed by atoms with Gasteiger partial charge in [0.1, 0.15) is 11.5 Å². The molecule has 0 fully saturated rings. The summed E-state index contributed by atoms with van der Waals surface area (Å²) in [6, 6.07) is 9.66. The summed E-state index contributed by atoms with van der Waals surface area (Å²) in [5.74, 6) is 0.115. The Morgan fingerprint density at radius 2 is 1.72 bits per heavy atom. The average molecular weight is 505 g/mol. The number of methoxy groups -OCH3 is 1. The summed E-state index contributed by atoms with van der Waals surface area (Å²) in [6.07, 6.45) is 0. The Bertz CT molecular complexity index is 891. The number of rotatable bonds is 11. The van der Waals surface area contributed by atoms with Crippen molar-refractivity contribution in [3.8, 4) is 11.5 Å². The number of carbonyl (C=O) groups excluding carboxylic acids is 2. The van der Waals surface area contributed by atoms with E-state index >= 15 is 0 Å². The van der Waals surface area contributed by atoms with Crippen LogP contribution in [-0.4, -0.2) is 56.6 Å². The summed E-state index contributed by atoms with van der Waals surface area (Å²) in [5.41, 5.74) is 0.616. The van der Waals surface area contributed by atoms with Crippen LogP contribution in [0, 0.1) is 0 Å². The molecule has 0 bridgehead atoms. The molecule has 0 aromatic heterocycles. The van der Waals surface area contributed by atoms with Crippen LogP contribution < -0.4 is 20.1 Å². The molecule has 10 heteroatoms. The minimum atomic E-state index is -0.407. The summed E-state index contributed by atoms with van der Waals surface area (Å²) < 4.78 is 10.8. The molecule has 0 aliphatic carbocycles. The van der Waals surface area contributed by atoms with Crippen molar-refractivity contribution in [2.24, 2.45) is 0 Å². The molecule has 0 saturated heterocycles. The van der Waals surface area contributed by atoms with Crippen molar-refractivity contribution in [2.45, 2.75) is 13.8 Å². The quantitative estimate of drug-likeness (QED) is 0.471. The van der Waals surface area contributed by atoms with E-state index in [2.05, 4.69) is 29.4 Å². The van der Waals surface area contributed by atoms with Crippen LogP contribution >= 0.6 is 35.6 Å². The van der Waals surface area contributed by atoms with E-state index in [-0.39, 0.29) is 29.9 Å². The molecule has 0 saturated carbocycles. The van der Waals surface area contributed by atoms with Crippen molar-refractivity contribution in [3.05, 3.63) is 52.0 Å². The molecule has 7 nitrogen and oxygen atoms in total. The van der Waals surface area contributed by atoms with Crippen LogP contribution in [0.2, 0.25) is 10.0 Å². The van der Waals surface area contributed by atoms with Crippen LogP contribution in [0.1, 0.15) is 24.2 Å². The number of ether oxygens (including phenoxy) is 2. The zero-order valence-corrected chi connectivity index (χ0v) is 20.6. The van der Waals surface area contributed by atoms with Crippen LogP contribution in [0.3, 0.4) is 0 Å². The maximum Gasteiger partial charge on any atom is 0.262 e. The number of likely N-dealkylation sites (N-methyl/N-ethyl adjacent to an activating group) is 1. The highest BCUT2D eigenvalue weighted by atomic mass is 35.5. The maximum atomic E-state index is 12.6. The molecule has 2 aromatic carbocycles. The molecule has 0 radical (unpaired) electrons. The molecule has 176 valence electrons. The first-order chi connectivity index (χ1) is 14.9. The smallest absolute Gasteiger partial charge is 0.262 e. The summed E-state index contributed by atoms with van der Waals surface area (Å²) >= 11 is 12.1. The molecule has 0 aliphatic heterocycles. The number of benzene rings is 2. The molecule has 2 aromatic rings. The Morgan fingerprint density at radius 1 is 1.06 bits per heavy atom. The normalized spacial score (nSPS) is 10.3. The number of carbonyl (C=O) groups is 2. The van der Waals surface area contributed by atoms with Gasteiger partial charge in [-0.15, -0.1) is 12.4 Å². The number of hydrogen-bond acceptors (Lipinski definition) is 5. The van der Waals surface area contributed by atoms with E-state index in [4.69, 9.17) is 32.7 Å². The van der Waals surface area contributed by atoms with E-state index in [1.165, 1.54) is 19.2 Å². The number of nitrogens with zero attached hydrogens (tertiary/aromatic N) is 1. The van der Waals surface area contributed by atoms with E-state index in [1.54, 1.807) is 24.3 Å². The van der Waals surface area contributed by atoms with Crippen molar-refractivity contribution in [1.29, 1.82) is 0 Å². The molecule has 0 unspecified atom stereocenters. The third-order valence-corrected chi connectivity index (χ3v) is 5.16. The Labute approximate surface area is 204 Å². The first-order valence-electron chi connectivity index (χ1n) is 9.94. The fourth-order valence-electron chi connectivity index (χ4n) is 2.82. The zero-order valence-electron chi connectivity index (χ0n) is 18.2. The van der Waals surface area contributed by atoms with Gasteiger partial charge in [0.15, 0.2) is 6.61 Å². The third-order valence-electron chi connectivity index (χ3n) is 4.60. The lowest BCUT2D eigenvalue weighted by Crippen LogP contribution is -2.35. The van der Waals surface area contributed by atoms with Crippen LogP contribution in [0.15, 0.2) is 36.4 Å². The van der Waals surface area contributed by atoms with Gasteiger partial charge in [-0.1, -0.05) is 37.0 Å². The fourth-order valence-corrected chi connectivity index (χ4v) is 3.16. The first-order valence-corrected chi connectivity index (χ1v) is 10.7. The molecule has 32 heavy (non-hydrogen) atoms. The predicted octanol–water partition coefficient (Wildman–Crippen LogP) is 4.51. The Kier molecular flexibility index (Phi) is 12.2. The van der Waals surface area contributed by atoms with E-state index in [0.717, 1.165) is 19.6 Å². The van der Waals surface area contributed by atoms with Gasteiger partial charge >= 0.3 is 0 Å². The van der Waals surface area contributed by atoms with Gasteiger partial charge in [-0.3, -0.25) is 9.59 Å². The Morgan fingerprint density at radius 3 is 2.31 bits per heavy atom. The summed E-state index contributed by atoms with van der Waals surface area (Å²) in [5, 5.41) is 6.33. The molecular formula is C22H28Cl3N3O4. The number of nitrogens with one attached hydrogen (secondary N) is 2. The molecule has 0 aliphatic rings. The Balaban J connectivity index is 0.00000512. The van der Waals surface area contributed by atoms with E-state index in [0.29, 0.717) is 34.3 Å². The fraction of sp³-hybridized carbons (Fsp3) is 0.364. The second kappa shape index (κ2) is 14.1. The third kappa shape index (κ3) is 8.39. The monoisotopic (exact) mass is 503 g/mol. The van der Waals surface area contributed by atoms with E-state index in [9.17, 15) is 9.59 Å². The minimum Gasteiger partial charge on any atom is -0.496 e. The van der Waals surface area contributed by atoms with Crippen molar-refractivity contribution >= 4 is 53.1 Å². The van der Waals surface area contributed by atoms with Crippen LogP contribution in [0.25, 0.3) is 0 Å². The summed E-state index contributed by atoms with van der Waals surface area (Å²) in [7, 11) is 1.45. The molecule has 0 atom stereocenters. The standard InChI is InChI=1S/C22H27Cl2N3O4.ClH/c1-4-27(5-2)11-10-25-22(29)17-12-18(24)19(13-20(17)30-3)26-21(28)14-31-16-8-6-15(23)7-9-16;/h6-9,12-13H,4-5,10-11,14H2,1-3H3,(H,25,29)(H,26,28);1H. The van der Waals surface area contributed by atoms with Gasteiger partial charge in [0, 0.05) is 24.2 Å². The van der Waals surface area contributed by atoms with Gasteiger partial charge in [0.05, 0.1) is 23.4 Å². The maximum absolute atomic E-state index is 12.6. The second-order valence-electron chi connectivity index (χ2n) is 6.61. The van der Waals surface area contributed by atoms with Gasteiger partial charge in [0.2, 0.25) is 0 Å². The molecule has 0 spiro atoms. The topological polar surface area (TPSA) is 79.9 Å². The average Bonchev–Trinajstić information content (AvgIpc) is 2.77. The molecular weight excluding hydrogens is 477 g/mol. The molecule has 2 N–H and O–H groups in total. The molecule has 2 amide bonds. The number of hydrogen-bond donors (Lipinski definition) is 2. The van der Waals surface area contributed by atoms with Crippen molar-refractivity contribution in [1.82, 2.24) is 10.2 Å². The number of anilines is 1. The van der Waals surface area contributed by atoms with Crippen molar-refractivity contribution in [2.75, 3.05) is 45.2 Å². The van der Waals surface area contributed by atoms with Gasteiger partial charge in [-0.2, -0.15) is 0 Å². The lowest BCUT2D eigenvalue weighted by Gasteiger charge is -2.18. The van der Waals surface area contributed by atoms with Gasteiger partial charge < -0.3 is 25.0 Å². The predicted molar refractivity (Wildman–Crippen MR) is 131 cm³/mol. The molecule has 0 heterocycles. The first kappa shape index (κ1) is 27.8. The SMILES string of the molecule is CCN(CC)CCNC(=O)c1cc(Cl)c(NC(=O)COc2ccc(Cl)cc2)cc1OC.Cl. The number of halogens is 3. The van der Waals surface area contributed by atoms with Gasteiger partial charge in [-0.25, -0.2) is 0 Å². The second-order valence-corrected chi connectivity index (χ2v) is 7.45. The van der Waals surface area contributed by atoms with Crippen molar-refractivity contribution in [3.63, 3.8) is 0 Å². The van der Waals surface area contributed by atoms with E-state index < -0.39 is 5.91 Å². The highest BCUT2D eigenvalue weighted by molar-refractivity contribution is 6.34. The van der Waals surface area contributed by atoms with Gasteiger partial charge in [-0.05, 0) is 43.4 Å². The minimum absolute atomic E-state index is 0. The Hall–Kier alpha value is -2.19. The van der Waals surface area contributed by atoms with Crippen LogP contribution in [0.5, 0.6) is 11.5 Å². The summed E-state index contributed by atoms with van der Waals surface area (Å²) in [6.45, 7) is 7.00. The lowest BCUT2D eigenvalue weighted by atomic mass is 10.1. The highest BCUT2D eigenvalue weighted by Gasteiger charge is 2.17. The van der Waals surface area contributed by atoms with E-state index in [1.807, 2.05) is 0 Å². The van der Waals surface area contributed by atoms with Gasteiger partial charge in [0.25, 0.3) is 11.8 Å². The highest BCUT2D eigenvalue weighted by Crippen LogP contribution is 2.31. The molecule has 2 rings (SSSR count). The largest absolute Gasteiger partial charge is 0.496 e. The van der Waals surface area contributed by atoms with Crippen LogP contribution in [0.4, 0.5) is 5.69 Å². The number of amides is 2. The zero-order chi connectivity index (χ0) is 22.8. The summed E-state index contributed by atoms with van der Waals surface area (Å²) in [4.78, 5) is 27.0. The van der Waals surface area contributed by atoms with Crippen molar-refractivity contribution < 1.29 is 19.1 Å². The lowest BCUT2D eigenvalue weighted by molar-refractivity contribution is -0.118. The van der Waals surface area contributed by atoms with Crippen LogP contribution in [-0.2, 0) is 4.79 Å².